The number of nitro benzene ring substituents is 1. The number of para-hydroxylation sites is 2. The molecule has 0 saturated carbocycles. The molecule has 1 rings (SSSR count). The van der Waals surface area contributed by atoms with Gasteiger partial charge in [-0.25, -0.2) is 0 Å². The van der Waals surface area contributed by atoms with Gasteiger partial charge in [-0.15, -0.1) is 0 Å². The summed E-state index contributed by atoms with van der Waals surface area (Å²) in [5.41, 5.74) is -0.128. The molecule has 7 nitrogen and oxygen atoms in total. The molecule has 0 radical (unpaired) electrons. The molecule has 0 heterocycles. The first-order chi connectivity index (χ1) is 6.90. The standard InChI is InChI=1S/C7H9N2O5P/c10-9(11)7-4-2-1-3-6(7)8-5-15(12,13)14/h1-4,8H,5H2,(H2,12,13,14). The van der Waals surface area contributed by atoms with Gasteiger partial charge in [0.2, 0.25) is 0 Å². The Labute approximate surface area is 85.1 Å². The molecule has 0 unspecified atom stereocenters. The summed E-state index contributed by atoms with van der Waals surface area (Å²) in [5, 5.41) is 12.8. The van der Waals surface area contributed by atoms with Gasteiger partial charge in [0.1, 0.15) is 12.0 Å². The summed E-state index contributed by atoms with van der Waals surface area (Å²) >= 11 is 0. The van der Waals surface area contributed by atoms with Crippen LogP contribution in [-0.4, -0.2) is 21.0 Å². The maximum absolute atomic E-state index is 10.5. The van der Waals surface area contributed by atoms with Gasteiger partial charge < -0.3 is 15.1 Å². The fourth-order valence-electron chi connectivity index (χ4n) is 0.970. The number of hydrogen-bond acceptors (Lipinski definition) is 4. The van der Waals surface area contributed by atoms with Gasteiger partial charge in [-0.1, -0.05) is 12.1 Å². The lowest BCUT2D eigenvalue weighted by Gasteiger charge is -2.07. The highest BCUT2D eigenvalue weighted by Crippen LogP contribution is 2.35. The quantitative estimate of drug-likeness (QED) is 0.407. The molecule has 0 spiro atoms. The molecule has 0 amide bonds. The van der Waals surface area contributed by atoms with Crippen LogP contribution in [0.2, 0.25) is 0 Å². The molecule has 0 atom stereocenters. The van der Waals surface area contributed by atoms with Crippen LogP contribution in [0.1, 0.15) is 0 Å². The van der Waals surface area contributed by atoms with Crippen molar-refractivity contribution in [3.63, 3.8) is 0 Å². The van der Waals surface area contributed by atoms with Crippen LogP contribution >= 0.6 is 7.60 Å². The van der Waals surface area contributed by atoms with Crippen molar-refractivity contribution in [1.82, 2.24) is 0 Å². The Morgan fingerprint density at radius 2 is 2.00 bits per heavy atom. The van der Waals surface area contributed by atoms with Crippen LogP contribution in [0.5, 0.6) is 0 Å². The molecule has 0 bridgehead atoms. The average Bonchev–Trinajstić information content (AvgIpc) is 2.14. The molecule has 0 aliphatic heterocycles. The summed E-state index contributed by atoms with van der Waals surface area (Å²) in [7, 11) is -4.21. The van der Waals surface area contributed by atoms with E-state index in [9.17, 15) is 14.7 Å². The van der Waals surface area contributed by atoms with Crippen molar-refractivity contribution >= 4 is 19.0 Å². The second-order valence-corrected chi connectivity index (χ2v) is 4.42. The summed E-state index contributed by atoms with van der Waals surface area (Å²) in [6.45, 7) is 0. The van der Waals surface area contributed by atoms with E-state index in [1.165, 1.54) is 24.3 Å². The first kappa shape index (κ1) is 11.6. The highest BCUT2D eigenvalue weighted by molar-refractivity contribution is 7.51. The van der Waals surface area contributed by atoms with Crippen LogP contribution < -0.4 is 5.32 Å². The molecule has 15 heavy (non-hydrogen) atoms. The van der Waals surface area contributed by atoms with E-state index in [0.717, 1.165) is 0 Å². The summed E-state index contributed by atoms with van der Waals surface area (Å²) in [6, 6.07) is 5.64. The van der Waals surface area contributed by atoms with Gasteiger partial charge in [-0.3, -0.25) is 14.7 Å². The van der Waals surface area contributed by atoms with E-state index in [1.807, 2.05) is 0 Å². The largest absolute Gasteiger partial charge is 0.368 e. The zero-order valence-corrected chi connectivity index (χ0v) is 8.42. The second-order valence-electron chi connectivity index (χ2n) is 2.77. The fraction of sp³-hybridized carbons (Fsp3) is 0.143. The highest BCUT2D eigenvalue weighted by Gasteiger charge is 2.16. The highest BCUT2D eigenvalue weighted by atomic mass is 31.2. The minimum Gasteiger partial charge on any atom is -0.368 e. The Balaban J connectivity index is 2.85. The van der Waals surface area contributed by atoms with E-state index >= 15 is 0 Å². The first-order valence-electron chi connectivity index (χ1n) is 3.92. The third-order valence-electron chi connectivity index (χ3n) is 1.58. The lowest BCUT2D eigenvalue weighted by atomic mass is 10.3. The van der Waals surface area contributed by atoms with E-state index in [0.29, 0.717) is 0 Å². The molecule has 1 aromatic carbocycles. The summed E-state index contributed by atoms with van der Waals surface area (Å²) in [6.07, 6.45) is -0.627. The fourth-order valence-corrected chi connectivity index (χ4v) is 1.35. The molecule has 3 N–H and O–H groups in total. The van der Waals surface area contributed by atoms with Crippen molar-refractivity contribution in [2.75, 3.05) is 11.6 Å². The summed E-state index contributed by atoms with van der Waals surface area (Å²) < 4.78 is 10.5. The van der Waals surface area contributed by atoms with Crippen molar-refractivity contribution in [2.45, 2.75) is 0 Å². The first-order valence-corrected chi connectivity index (χ1v) is 5.72. The monoisotopic (exact) mass is 232 g/mol. The van der Waals surface area contributed by atoms with Crippen LogP contribution in [0.25, 0.3) is 0 Å². The number of anilines is 1. The molecule has 0 fully saturated rings. The van der Waals surface area contributed by atoms with Gasteiger partial charge >= 0.3 is 7.60 Å². The Kier molecular flexibility index (Phi) is 3.41. The number of nitro groups is 1. The van der Waals surface area contributed by atoms with Gasteiger partial charge in [0.15, 0.2) is 0 Å². The van der Waals surface area contributed by atoms with Crippen molar-refractivity contribution in [1.29, 1.82) is 0 Å². The SMILES string of the molecule is O=[N+]([O-])c1ccccc1NCP(=O)(O)O. The van der Waals surface area contributed by atoms with Crippen molar-refractivity contribution in [3.8, 4) is 0 Å². The molecule has 0 aliphatic rings. The van der Waals surface area contributed by atoms with Gasteiger partial charge in [0.25, 0.3) is 5.69 Å². The van der Waals surface area contributed by atoms with Crippen LogP contribution in [-0.2, 0) is 4.57 Å². The Morgan fingerprint density at radius 1 is 1.40 bits per heavy atom. The van der Waals surface area contributed by atoms with E-state index in [2.05, 4.69) is 5.32 Å². The molecule has 1 aromatic rings. The number of rotatable bonds is 4. The molecule has 8 heteroatoms. The zero-order valence-electron chi connectivity index (χ0n) is 7.53. The third kappa shape index (κ3) is 3.67. The zero-order chi connectivity index (χ0) is 11.5. The second kappa shape index (κ2) is 4.39. The van der Waals surface area contributed by atoms with Crippen LogP contribution in [0.15, 0.2) is 24.3 Å². The molecule has 0 saturated heterocycles. The molecule has 0 aliphatic carbocycles. The van der Waals surface area contributed by atoms with E-state index in [1.54, 1.807) is 0 Å². The normalized spacial score (nSPS) is 11.1. The van der Waals surface area contributed by atoms with E-state index in [4.69, 9.17) is 9.79 Å². The van der Waals surface area contributed by atoms with Gasteiger partial charge in [-0.2, -0.15) is 0 Å². The van der Waals surface area contributed by atoms with Crippen molar-refractivity contribution in [2.24, 2.45) is 0 Å². The lowest BCUT2D eigenvalue weighted by Crippen LogP contribution is -2.04. The van der Waals surface area contributed by atoms with Crippen LogP contribution in [0.4, 0.5) is 11.4 Å². The maximum Gasteiger partial charge on any atom is 0.344 e. The number of nitrogens with one attached hydrogen (secondary N) is 1. The number of benzene rings is 1. The van der Waals surface area contributed by atoms with Crippen molar-refractivity contribution in [3.05, 3.63) is 34.4 Å². The topological polar surface area (TPSA) is 113 Å². The van der Waals surface area contributed by atoms with Gasteiger partial charge in [-0.05, 0) is 6.07 Å². The average molecular weight is 232 g/mol. The smallest absolute Gasteiger partial charge is 0.344 e. The molecule has 0 aromatic heterocycles. The summed E-state index contributed by atoms with van der Waals surface area (Å²) in [5.74, 6) is 0. The predicted molar refractivity (Wildman–Crippen MR) is 53.6 cm³/mol. The lowest BCUT2D eigenvalue weighted by molar-refractivity contribution is -0.383. The predicted octanol–water partition coefficient (Wildman–Crippen LogP) is 1.14. The minimum absolute atomic E-state index is 0.0887. The Bertz CT molecular complexity index is 416. The minimum atomic E-state index is -4.21. The van der Waals surface area contributed by atoms with E-state index < -0.39 is 18.8 Å². The van der Waals surface area contributed by atoms with Gasteiger partial charge in [0, 0.05) is 6.07 Å². The third-order valence-corrected chi connectivity index (χ3v) is 2.15. The summed E-state index contributed by atoms with van der Waals surface area (Å²) in [4.78, 5) is 27.1. The molecule has 82 valence electrons. The maximum atomic E-state index is 10.5. The van der Waals surface area contributed by atoms with Crippen LogP contribution in [0, 0.1) is 10.1 Å². The Hall–Kier alpha value is -1.43. The van der Waals surface area contributed by atoms with Crippen molar-refractivity contribution < 1.29 is 19.3 Å². The molecular formula is C7H9N2O5P. The Morgan fingerprint density at radius 3 is 2.53 bits per heavy atom. The number of hydrogen-bond donors (Lipinski definition) is 3. The van der Waals surface area contributed by atoms with Crippen LogP contribution in [0.3, 0.4) is 0 Å². The van der Waals surface area contributed by atoms with Gasteiger partial charge in [0.05, 0.1) is 4.92 Å². The number of nitrogens with zero attached hydrogens (tertiary/aromatic N) is 1. The van der Waals surface area contributed by atoms with E-state index in [-0.39, 0.29) is 11.4 Å². The molecular weight excluding hydrogens is 223 g/mol.